The van der Waals surface area contributed by atoms with E-state index in [2.05, 4.69) is 5.32 Å². The van der Waals surface area contributed by atoms with Gasteiger partial charge in [0.05, 0.1) is 12.1 Å². The van der Waals surface area contributed by atoms with Gasteiger partial charge in [0.25, 0.3) is 0 Å². The molecule has 1 N–H and O–H groups in total. The van der Waals surface area contributed by atoms with Crippen LogP contribution in [0, 0.1) is 0 Å². The minimum absolute atomic E-state index is 0.0508. The Kier molecular flexibility index (Phi) is 5.75. The van der Waals surface area contributed by atoms with Gasteiger partial charge in [-0.05, 0) is 24.6 Å². The van der Waals surface area contributed by atoms with Crippen LogP contribution in [0.1, 0.15) is 25.8 Å². The number of halogens is 3. The zero-order valence-electron chi connectivity index (χ0n) is 11.8. The maximum absolute atomic E-state index is 12.6. The highest BCUT2D eigenvalue weighted by molar-refractivity contribution is 5.94. The Morgan fingerprint density at radius 3 is 2.48 bits per heavy atom. The first-order chi connectivity index (χ1) is 9.74. The Balaban J connectivity index is 2.73. The molecule has 1 aromatic rings. The Hall–Kier alpha value is -2.05. The van der Waals surface area contributed by atoms with Gasteiger partial charge in [0.15, 0.2) is 0 Å². The van der Waals surface area contributed by atoms with Crippen molar-refractivity contribution in [1.82, 2.24) is 4.90 Å². The molecule has 0 saturated heterocycles. The number of nitrogens with zero attached hydrogens (tertiary/aromatic N) is 1. The summed E-state index contributed by atoms with van der Waals surface area (Å²) in [5.41, 5.74) is -0.785. The molecule has 116 valence electrons. The third-order valence-corrected chi connectivity index (χ3v) is 2.75. The van der Waals surface area contributed by atoms with Crippen molar-refractivity contribution < 1.29 is 22.8 Å². The molecule has 0 spiro atoms. The summed E-state index contributed by atoms with van der Waals surface area (Å²) in [7, 11) is 0. The summed E-state index contributed by atoms with van der Waals surface area (Å²) in [6.07, 6.45) is -3.77. The predicted molar refractivity (Wildman–Crippen MR) is 72.6 cm³/mol. The van der Waals surface area contributed by atoms with Gasteiger partial charge in [-0.3, -0.25) is 9.59 Å². The fourth-order valence-electron chi connectivity index (χ4n) is 1.76. The molecule has 0 saturated carbocycles. The van der Waals surface area contributed by atoms with E-state index in [0.29, 0.717) is 13.0 Å². The fraction of sp³-hybridized carbons (Fsp3) is 0.429. The first-order valence-corrected chi connectivity index (χ1v) is 6.46. The molecule has 21 heavy (non-hydrogen) atoms. The summed E-state index contributed by atoms with van der Waals surface area (Å²) in [4.78, 5) is 24.4. The monoisotopic (exact) mass is 302 g/mol. The average Bonchev–Trinajstić information content (AvgIpc) is 2.37. The van der Waals surface area contributed by atoms with E-state index in [-0.39, 0.29) is 18.1 Å². The molecule has 0 fully saturated rings. The number of carbonyl (C=O) groups excluding carboxylic acids is 2. The molecule has 0 aliphatic carbocycles. The standard InChI is InChI=1S/C14H17F3N2O2/c1-3-7-19(10(2)20)9-13(21)18-12-6-4-5-11(8-12)14(15,16)17/h4-6,8H,3,7,9H2,1-2H3,(H,18,21). The van der Waals surface area contributed by atoms with Gasteiger partial charge in [0.1, 0.15) is 0 Å². The van der Waals surface area contributed by atoms with Crippen LogP contribution in [0.25, 0.3) is 0 Å². The summed E-state index contributed by atoms with van der Waals surface area (Å²) in [5.74, 6) is -0.783. The van der Waals surface area contributed by atoms with Crippen LogP contribution >= 0.6 is 0 Å². The normalized spacial score (nSPS) is 11.1. The molecular weight excluding hydrogens is 285 g/mol. The largest absolute Gasteiger partial charge is 0.416 e. The summed E-state index contributed by atoms with van der Waals surface area (Å²) in [5, 5.41) is 2.37. The minimum atomic E-state index is -4.46. The van der Waals surface area contributed by atoms with Gasteiger partial charge in [-0.25, -0.2) is 0 Å². The van der Waals surface area contributed by atoms with E-state index in [4.69, 9.17) is 0 Å². The highest BCUT2D eigenvalue weighted by atomic mass is 19.4. The van der Waals surface area contributed by atoms with Crippen molar-refractivity contribution >= 4 is 17.5 Å². The molecule has 7 heteroatoms. The molecule has 0 heterocycles. The summed E-state index contributed by atoms with van der Waals surface area (Å²) in [6, 6.07) is 4.36. The lowest BCUT2D eigenvalue weighted by atomic mass is 10.2. The van der Waals surface area contributed by atoms with Crippen molar-refractivity contribution in [1.29, 1.82) is 0 Å². The van der Waals surface area contributed by atoms with Crippen molar-refractivity contribution in [3.8, 4) is 0 Å². The van der Waals surface area contributed by atoms with Crippen LogP contribution in [0.5, 0.6) is 0 Å². The number of rotatable bonds is 5. The van der Waals surface area contributed by atoms with E-state index in [1.807, 2.05) is 6.92 Å². The molecule has 1 aromatic carbocycles. The van der Waals surface area contributed by atoms with Crippen LogP contribution in [0.2, 0.25) is 0 Å². The van der Waals surface area contributed by atoms with Gasteiger partial charge >= 0.3 is 6.18 Å². The maximum atomic E-state index is 12.6. The Morgan fingerprint density at radius 2 is 1.95 bits per heavy atom. The smallest absolute Gasteiger partial charge is 0.334 e. The second-order valence-electron chi connectivity index (χ2n) is 4.57. The Labute approximate surface area is 120 Å². The van der Waals surface area contributed by atoms with E-state index < -0.39 is 17.6 Å². The van der Waals surface area contributed by atoms with Gasteiger partial charge in [0, 0.05) is 19.2 Å². The number of nitrogens with one attached hydrogen (secondary N) is 1. The number of amides is 2. The van der Waals surface area contributed by atoms with Gasteiger partial charge in [-0.15, -0.1) is 0 Å². The van der Waals surface area contributed by atoms with E-state index in [9.17, 15) is 22.8 Å². The van der Waals surface area contributed by atoms with E-state index in [1.54, 1.807) is 0 Å². The van der Waals surface area contributed by atoms with Crippen molar-refractivity contribution in [2.75, 3.05) is 18.4 Å². The first-order valence-electron chi connectivity index (χ1n) is 6.46. The van der Waals surface area contributed by atoms with Crippen LogP contribution in [0.4, 0.5) is 18.9 Å². The molecule has 0 aliphatic rings. The topological polar surface area (TPSA) is 49.4 Å². The van der Waals surface area contributed by atoms with Crippen LogP contribution in [-0.2, 0) is 15.8 Å². The summed E-state index contributed by atoms with van der Waals surface area (Å²) in [6.45, 7) is 3.44. The van der Waals surface area contributed by atoms with Gasteiger partial charge < -0.3 is 10.2 Å². The predicted octanol–water partition coefficient (Wildman–Crippen LogP) is 2.90. The Bertz CT molecular complexity index is 515. The van der Waals surface area contributed by atoms with Crippen molar-refractivity contribution in [2.24, 2.45) is 0 Å². The molecule has 0 atom stereocenters. The number of benzene rings is 1. The lowest BCUT2D eigenvalue weighted by Crippen LogP contribution is -2.37. The maximum Gasteiger partial charge on any atom is 0.416 e. The molecule has 0 unspecified atom stereocenters. The van der Waals surface area contributed by atoms with Crippen LogP contribution < -0.4 is 5.32 Å². The van der Waals surface area contributed by atoms with E-state index in [1.165, 1.54) is 24.0 Å². The van der Waals surface area contributed by atoms with E-state index >= 15 is 0 Å². The quantitative estimate of drug-likeness (QED) is 0.909. The number of hydrogen-bond donors (Lipinski definition) is 1. The molecule has 0 aromatic heterocycles. The van der Waals surface area contributed by atoms with Crippen LogP contribution in [0.3, 0.4) is 0 Å². The zero-order valence-corrected chi connectivity index (χ0v) is 11.8. The number of anilines is 1. The minimum Gasteiger partial charge on any atom is -0.334 e. The van der Waals surface area contributed by atoms with E-state index in [0.717, 1.165) is 12.1 Å². The molecule has 2 amide bonds. The highest BCUT2D eigenvalue weighted by Crippen LogP contribution is 2.30. The summed E-state index contributed by atoms with van der Waals surface area (Å²) >= 11 is 0. The van der Waals surface area contributed by atoms with Crippen molar-refractivity contribution in [3.05, 3.63) is 29.8 Å². The molecule has 0 radical (unpaired) electrons. The first kappa shape index (κ1) is 17.0. The molecule has 0 aliphatic heterocycles. The molecule has 0 bridgehead atoms. The lowest BCUT2D eigenvalue weighted by Gasteiger charge is -2.19. The number of hydrogen-bond acceptors (Lipinski definition) is 2. The second-order valence-corrected chi connectivity index (χ2v) is 4.57. The van der Waals surface area contributed by atoms with Crippen LogP contribution in [-0.4, -0.2) is 29.8 Å². The van der Waals surface area contributed by atoms with Gasteiger partial charge in [-0.2, -0.15) is 13.2 Å². The Morgan fingerprint density at radius 1 is 1.29 bits per heavy atom. The third kappa shape index (κ3) is 5.45. The highest BCUT2D eigenvalue weighted by Gasteiger charge is 2.30. The van der Waals surface area contributed by atoms with Crippen molar-refractivity contribution in [3.63, 3.8) is 0 Å². The second kappa shape index (κ2) is 7.10. The lowest BCUT2D eigenvalue weighted by molar-refractivity contribution is -0.137. The zero-order chi connectivity index (χ0) is 16.0. The van der Waals surface area contributed by atoms with Gasteiger partial charge in [-0.1, -0.05) is 13.0 Å². The van der Waals surface area contributed by atoms with Crippen molar-refractivity contribution in [2.45, 2.75) is 26.4 Å². The number of carbonyl (C=O) groups is 2. The van der Waals surface area contributed by atoms with Crippen LogP contribution in [0.15, 0.2) is 24.3 Å². The molecular formula is C14H17F3N2O2. The summed E-state index contributed by atoms with van der Waals surface area (Å²) < 4.78 is 37.7. The van der Waals surface area contributed by atoms with Gasteiger partial charge in [0.2, 0.25) is 11.8 Å². The fourth-order valence-corrected chi connectivity index (χ4v) is 1.76. The SMILES string of the molecule is CCCN(CC(=O)Nc1cccc(C(F)(F)F)c1)C(C)=O. The molecule has 1 rings (SSSR count). The third-order valence-electron chi connectivity index (χ3n) is 2.75. The number of alkyl halides is 3. The molecule has 4 nitrogen and oxygen atoms in total. The average molecular weight is 302 g/mol.